The molecule has 0 saturated carbocycles. The van der Waals surface area contributed by atoms with Gasteiger partial charge in [-0.1, -0.05) is 37.3 Å². The van der Waals surface area contributed by atoms with Gasteiger partial charge in [-0.15, -0.1) is 0 Å². The van der Waals surface area contributed by atoms with Gasteiger partial charge in [0.05, 0.1) is 6.04 Å². The summed E-state index contributed by atoms with van der Waals surface area (Å²) in [6.45, 7) is 2.58. The van der Waals surface area contributed by atoms with Crippen molar-refractivity contribution < 1.29 is 4.74 Å². The summed E-state index contributed by atoms with van der Waals surface area (Å²) in [7, 11) is 0. The molecule has 2 N–H and O–H groups in total. The lowest BCUT2D eigenvalue weighted by Crippen LogP contribution is -2.39. The molecule has 2 aromatic carbocycles. The van der Waals surface area contributed by atoms with Gasteiger partial charge >= 0.3 is 0 Å². The third kappa shape index (κ3) is 3.78. The van der Waals surface area contributed by atoms with Gasteiger partial charge < -0.3 is 15.4 Å². The van der Waals surface area contributed by atoms with E-state index in [4.69, 9.17) is 4.74 Å². The van der Waals surface area contributed by atoms with Crippen LogP contribution >= 0.6 is 0 Å². The maximum Gasteiger partial charge on any atom is 0.292 e. The van der Waals surface area contributed by atoms with Crippen LogP contribution < -0.4 is 27.1 Å². The first-order valence-corrected chi connectivity index (χ1v) is 10.2. The fraction of sp³-hybridized carbons (Fsp3) is 0.364. The molecule has 1 aliphatic rings. The Balaban J connectivity index is 1.60. The van der Waals surface area contributed by atoms with Gasteiger partial charge in [-0.3, -0.25) is 14.4 Å². The monoisotopic (exact) mass is 408 g/mol. The van der Waals surface area contributed by atoms with E-state index < -0.39 is 22.6 Å². The average Bonchev–Trinajstić information content (AvgIpc) is 2.80. The van der Waals surface area contributed by atoms with Crippen LogP contribution in [0.3, 0.4) is 0 Å². The van der Waals surface area contributed by atoms with Crippen LogP contribution in [0.4, 0.5) is 17.1 Å². The van der Waals surface area contributed by atoms with E-state index in [1.165, 1.54) is 16.9 Å². The van der Waals surface area contributed by atoms with Crippen LogP contribution in [0, 0.1) is 0 Å². The normalized spacial score (nSPS) is 17.6. The molecule has 4 rings (SSSR count). The number of rotatable bonds is 7. The number of ether oxygens (including phenoxy) is 1. The Morgan fingerprint density at radius 3 is 2.57 bits per heavy atom. The molecule has 0 amide bonds. The lowest BCUT2D eigenvalue weighted by molar-refractivity contribution is -0.0423. The summed E-state index contributed by atoms with van der Waals surface area (Å²) < 4.78 is 6.94. The summed E-state index contributed by atoms with van der Waals surface area (Å²) in [5, 5.41) is 10.1. The van der Waals surface area contributed by atoms with Gasteiger partial charge in [0, 0.05) is 12.8 Å². The van der Waals surface area contributed by atoms with Crippen LogP contribution in [0.1, 0.15) is 50.4 Å². The minimum Gasteiger partial charge on any atom is -0.373 e. The summed E-state index contributed by atoms with van der Waals surface area (Å²) in [5.41, 5.74) is -0.115. The Hall–Kier alpha value is -3.26. The lowest BCUT2D eigenvalue weighted by atomic mass is 10.0. The van der Waals surface area contributed by atoms with E-state index in [2.05, 4.69) is 15.7 Å². The van der Waals surface area contributed by atoms with Gasteiger partial charge in [0.15, 0.2) is 6.23 Å². The maximum atomic E-state index is 12.9. The molecule has 1 saturated heterocycles. The molecule has 2 heterocycles. The molecule has 1 aliphatic heterocycles. The van der Waals surface area contributed by atoms with Gasteiger partial charge in [-0.25, -0.2) is 0 Å². The Morgan fingerprint density at radius 2 is 1.87 bits per heavy atom. The topological polar surface area (TPSA) is 102 Å². The van der Waals surface area contributed by atoms with Gasteiger partial charge in [-0.2, -0.15) is 9.78 Å². The molecule has 2 atom stereocenters. The maximum absolute atomic E-state index is 12.9. The number of nitrogens with zero attached hydrogens (tertiary/aromatic N) is 2. The predicted octanol–water partition coefficient (Wildman–Crippen LogP) is 2.85. The first-order chi connectivity index (χ1) is 14.6. The van der Waals surface area contributed by atoms with Crippen molar-refractivity contribution in [1.29, 1.82) is 0 Å². The Kier molecular flexibility index (Phi) is 5.76. The van der Waals surface area contributed by atoms with E-state index in [1.807, 2.05) is 37.3 Å². The van der Waals surface area contributed by atoms with Crippen LogP contribution in [0.2, 0.25) is 0 Å². The van der Waals surface area contributed by atoms with E-state index in [-0.39, 0.29) is 23.1 Å². The molecule has 0 aliphatic carbocycles. The van der Waals surface area contributed by atoms with Crippen molar-refractivity contribution in [3.8, 4) is 0 Å². The Labute approximate surface area is 173 Å². The van der Waals surface area contributed by atoms with Crippen molar-refractivity contribution in [3.05, 3.63) is 79.0 Å². The lowest BCUT2D eigenvalue weighted by Gasteiger charge is -2.24. The minimum absolute atomic E-state index is 0.105. The Morgan fingerprint density at radius 1 is 1.10 bits per heavy atom. The molecular formula is C22H24N4O4. The van der Waals surface area contributed by atoms with Crippen molar-refractivity contribution in [3.63, 3.8) is 0 Å². The largest absolute Gasteiger partial charge is 0.373 e. The smallest absolute Gasteiger partial charge is 0.292 e. The standard InChI is InChI=1S/C22H24N4O4/c1-2-15(14-8-4-3-5-9-14)24-18-19(21(28)20(18)27)25-16-11-12-23-26(22(16)29)17-10-6-7-13-30-17/h3-5,8-9,11-12,15,17,24-25H,2,6-7,10,13H2,1H3/t15-,17?/m1/s1. The quantitative estimate of drug-likeness (QED) is 0.580. The summed E-state index contributed by atoms with van der Waals surface area (Å²) in [4.78, 5) is 37.3. The second kappa shape index (κ2) is 8.62. The predicted molar refractivity (Wildman–Crippen MR) is 115 cm³/mol. The number of hydrogen-bond donors (Lipinski definition) is 2. The number of nitrogens with one attached hydrogen (secondary N) is 2. The molecule has 0 bridgehead atoms. The SMILES string of the molecule is CC[C@@H](Nc1c(Nc2ccnn(C3CCCCO3)c2=O)c(=O)c1=O)c1ccccc1. The number of hydrogen-bond acceptors (Lipinski definition) is 7. The summed E-state index contributed by atoms with van der Waals surface area (Å²) in [6, 6.07) is 11.1. The second-order valence-electron chi connectivity index (χ2n) is 7.36. The van der Waals surface area contributed by atoms with Gasteiger partial charge in [-0.05, 0) is 37.3 Å². The molecule has 8 nitrogen and oxygen atoms in total. The van der Waals surface area contributed by atoms with Crippen LogP contribution in [-0.2, 0) is 4.74 Å². The Bertz CT molecular complexity index is 1140. The molecule has 30 heavy (non-hydrogen) atoms. The summed E-state index contributed by atoms with van der Waals surface area (Å²) >= 11 is 0. The summed E-state index contributed by atoms with van der Waals surface area (Å²) in [5.74, 6) is 0. The summed E-state index contributed by atoms with van der Waals surface area (Å²) in [6.07, 6.45) is 4.42. The van der Waals surface area contributed by atoms with Crippen molar-refractivity contribution in [1.82, 2.24) is 9.78 Å². The minimum atomic E-state index is -0.642. The third-order valence-corrected chi connectivity index (χ3v) is 5.40. The van der Waals surface area contributed by atoms with Crippen LogP contribution in [0.5, 0.6) is 0 Å². The fourth-order valence-electron chi connectivity index (χ4n) is 3.71. The fourth-order valence-corrected chi connectivity index (χ4v) is 3.71. The highest BCUT2D eigenvalue weighted by molar-refractivity contribution is 5.78. The molecule has 1 fully saturated rings. The number of anilines is 3. The zero-order valence-corrected chi connectivity index (χ0v) is 16.8. The van der Waals surface area contributed by atoms with Crippen LogP contribution in [0.15, 0.2) is 57.0 Å². The van der Waals surface area contributed by atoms with E-state index in [9.17, 15) is 14.4 Å². The highest BCUT2D eigenvalue weighted by Gasteiger charge is 2.25. The van der Waals surface area contributed by atoms with Crippen LogP contribution in [0.25, 0.3) is 0 Å². The number of aromatic nitrogens is 2. The molecule has 1 aromatic heterocycles. The average molecular weight is 408 g/mol. The molecule has 8 heteroatoms. The molecule has 0 spiro atoms. The van der Waals surface area contributed by atoms with Gasteiger partial charge in [0.1, 0.15) is 17.1 Å². The van der Waals surface area contributed by atoms with E-state index >= 15 is 0 Å². The van der Waals surface area contributed by atoms with E-state index in [1.54, 1.807) is 0 Å². The first kappa shape index (κ1) is 20.0. The molecule has 3 aromatic rings. The first-order valence-electron chi connectivity index (χ1n) is 10.2. The van der Waals surface area contributed by atoms with E-state index in [0.29, 0.717) is 13.0 Å². The second-order valence-corrected chi connectivity index (χ2v) is 7.36. The number of benzene rings is 1. The van der Waals surface area contributed by atoms with E-state index in [0.717, 1.165) is 24.8 Å². The zero-order chi connectivity index (χ0) is 21.1. The molecule has 156 valence electrons. The van der Waals surface area contributed by atoms with Crippen molar-refractivity contribution >= 4 is 17.1 Å². The van der Waals surface area contributed by atoms with Crippen molar-refractivity contribution in [2.24, 2.45) is 0 Å². The highest BCUT2D eigenvalue weighted by Crippen LogP contribution is 2.26. The van der Waals surface area contributed by atoms with Gasteiger partial charge in [0.25, 0.3) is 16.4 Å². The molecule has 0 radical (unpaired) electrons. The zero-order valence-electron chi connectivity index (χ0n) is 16.8. The van der Waals surface area contributed by atoms with Crippen LogP contribution in [-0.4, -0.2) is 16.4 Å². The molecule has 1 unspecified atom stereocenters. The highest BCUT2D eigenvalue weighted by atomic mass is 16.5. The van der Waals surface area contributed by atoms with Gasteiger partial charge in [0.2, 0.25) is 0 Å². The third-order valence-electron chi connectivity index (χ3n) is 5.40. The molecular weight excluding hydrogens is 384 g/mol. The van der Waals surface area contributed by atoms with Crippen molar-refractivity contribution in [2.45, 2.75) is 44.9 Å². The van der Waals surface area contributed by atoms with Crippen molar-refractivity contribution in [2.75, 3.05) is 17.2 Å².